The summed E-state index contributed by atoms with van der Waals surface area (Å²) in [7, 11) is 0. The summed E-state index contributed by atoms with van der Waals surface area (Å²) in [6.45, 7) is 9.07. The van der Waals surface area contributed by atoms with E-state index in [0.717, 1.165) is 54.2 Å². The van der Waals surface area contributed by atoms with Crippen LogP contribution < -0.4 is 5.22 Å². The van der Waals surface area contributed by atoms with Crippen LogP contribution in [-0.2, 0) is 5.41 Å². The van der Waals surface area contributed by atoms with Gasteiger partial charge in [-0.05, 0) is 64.9 Å². The molecule has 10 rings (SSSR count). The maximum absolute atomic E-state index is 14.2. The Hall–Kier alpha value is -5.67. The molecule has 0 aliphatic carbocycles. The molecule has 0 bridgehead atoms. The number of carbonyl (C=O) groups is 1. The molecule has 0 fully saturated rings. The van der Waals surface area contributed by atoms with E-state index in [1.807, 2.05) is 12.1 Å². The van der Waals surface area contributed by atoms with Crippen molar-refractivity contribution in [2.75, 3.05) is 0 Å². The van der Waals surface area contributed by atoms with E-state index in [1.54, 1.807) is 0 Å². The van der Waals surface area contributed by atoms with Crippen molar-refractivity contribution < 1.29 is 4.79 Å². The van der Waals surface area contributed by atoms with Crippen LogP contribution in [0.5, 0.6) is 0 Å². The first-order valence-electron chi connectivity index (χ1n) is 15.5. The van der Waals surface area contributed by atoms with Gasteiger partial charge in [0.2, 0.25) is 0 Å². The van der Waals surface area contributed by atoms with E-state index in [2.05, 4.69) is 139 Å². The predicted molar refractivity (Wildman–Crippen MR) is 187 cm³/mol. The lowest BCUT2D eigenvalue weighted by Crippen LogP contribution is -2.26. The van der Waals surface area contributed by atoms with E-state index in [4.69, 9.17) is 0 Å². The van der Waals surface area contributed by atoms with Gasteiger partial charge in [0.05, 0.1) is 33.3 Å². The van der Waals surface area contributed by atoms with Crippen molar-refractivity contribution >= 4 is 72.3 Å². The Morgan fingerprint density at radius 2 is 1.13 bits per heavy atom. The van der Waals surface area contributed by atoms with Gasteiger partial charge in [0.25, 0.3) is 0 Å². The van der Waals surface area contributed by atoms with Crippen molar-refractivity contribution in [3.8, 4) is 5.69 Å². The highest BCUT2D eigenvalue weighted by Gasteiger charge is 2.34. The molecule has 212 valence electrons. The average molecular weight is 577 g/mol. The van der Waals surface area contributed by atoms with Gasteiger partial charge >= 0.3 is 0 Å². The highest BCUT2D eigenvalue weighted by atomic mass is 16.1. The van der Waals surface area contributed by atoms with E-state index in [1.165, 1.54) is 27.7 Å². The lowest BCUT2D eigenvalue weighted by atomic mass is 9.75. The Balaban J connectivity index is 1.20. The standard InChI is InChI=1S/C42H28N2O/c1-24-27-10-4-6-16-35(27)43-36-20-18-25(22-31(36)29-12-8-11-28(24)39(29)43)41(45)26-19-21-37-32(23-26)30-13-9-15-34-40(30)44(37)38-17-7-5-14-33(38)42(34,2)3/h4-23H,1H2,2-3H3. The molecule has 9 aromatic rings. The minimum atomic E-state index is -0.123. The Kier molecular flexibility index (Phi) is 4.55. The van der Waals surface area contributed by atoms with Crippen LogP contribution >= 0.6 is 0 Å². The average Bonchev–Trinajstić information content (AvgIpc) is 3.59. The molecule has 3 aromatic heterocycles. The van der Waals surface area contributed by atoms with Crippen LogP contribution in [0, 0.1) is 0 Å². The molecule has 6 aromatic carbocycles. The molecular weight excluding hydrogens is 548 g/mol. The number of aromatic nitrogens is 2. The summed E-state index contributed by atoms with van der Waals surface area (Å²) in [5.41, 5.74) is 10.8. The van der Waals surface area contributed by atoms with Crippen molar-refractivity contribution in [2.45, 2.75) is 19.3 Å². The summed E-state index contributed by atoms with van der Waals surface area (Å²) in [4.78, 5) is 14.2. The number of fused-ring (bicyclic) bond motifs is 10. The van der Waals surface area contributed by atoms with Crippen LogP contribution in [0.2, 0.25) is 0 Å². The normalized spacial score (nSPS) is 13.9. The fourth-order valence-electron chi connectivity index (χ4n) is 8.25. The third-order valence-corrected chi connectivity index (χ3v) is 10.4. The fraction of sp³-hybridized carbons (Fsp3) is 0.0714. The topological polar surface area (TPSA) is 26.4 Å². The van der Waals surface area contributed by atoms with E-state index in [0.29, 0.717) is 11.1 Å². The summed E-state index contributed by atoms with van der Waals surface area (Å²) in [5.74, 6) is 0.0307. The fourth-order valence-corrected chi connectivity index (χ4v) is 8.25. The Labute approximate surface area is 259 Å². The molecule has 45 heavy (non-hydrogen) atoms. The summed E-state index contributed by atoms with van der Waals surface area (Å²) in [6, 6.07) is 42.5. The summed E-state index contributed by atoms with van der Waals surface area (Å²) in [6.07, 6.45) is 0. The summed E-state index contributed by atoms with van der Waals surface area (Å²) in [5, 5.41) is 7.82. The number of rotatable bonds is 2. The molecule has 3 nitrogen and oxygen atoms in total. The molecule has 0 amide bonds. The van der Waals surface area contributed by atoms with Gasteiger partial charge in [0.1, 0.15) is 0 Å². The number of carbonyl (C=O) groups excluding carboxylic acids is 1. The van der Waals surface area contributed by atoms with Gasteiger partial charge in [0, 0.05) is 48.9 Å². The third kappa shape index (κ3) is 2.98. The number of ketones is 1. The van der Waals surface area contributed by atoms with E-state index in [9.17, 15) is 4.79 Å². The molecule has 1 aliphatic heterocycles. The van der Waals surface area contributed by atoms with Crippen LogP contribution in [0.3, 0.4) is 0 Å². The first-order chi connectivity index (χ1) is 21.9. The number of hydrogen-bond acceptors (Lipinski definition) is 1. The Morgan fingerprint density at radius 1 is 0.556 bits per heavy atom. The molecule has 0 unspecified atom stereocenters. The zero-order valence-corrected chi connectivity index (χ0v) is 25.1. The maximum Gasteiger partial charge on any atom is 0.193 e. The molecule has 0 saturated carbocycles. The second-order valence-electron chi connectivity index (χ2n) is 13.0. The largest absolute Gasteiger partial charge is 0.309 e. The number of hydrogen-bond donors (Lipinski definition) is 0. The summed E-state index contributed by atoms with van der Waals surface area (Å²) >= 11 is 0. The van der Waals surface area contributed by atoms with E-state index in [-0.39, 0.29) is 11.2 Å². The monoisotopic (exact) mass is 576 g/mol. The van der Waals surface area contributed by atoms with Crippen molar-refractivity contribution in [3.05, 3.63) is 149 Å². The molecule has 0 atom stereocenters. The van der Waals surface area contributed by atoms with Crippen molar-refractivity contribution in [3.63, 3.8) is 0 Å². The van der Waals surface area contributed by atoms with Gasteiger partial charge < -0.3 is 8.97 Å². The van der Waals surface area contributed by atoms with Crippen LogP contribution in [-0.4, -0.2) is 14.8 Å². The molecule has 1 aliphatic rings. The predicted octanol–water partition coefficient (Wildman–Crippen LogP) is 9.50. The first-order valence-corrected chi connectivity index (χ1v) is 15.5. The molecular formula is C42H28N2O. The van der Waals surface area contributed by atoms with Crippen LogP contribution in [0.1, 0.15) is 40.9 Å². The quantitative estimate of drug-likeness (QED) is 0.149. The van der Waals surface area contributed by atoms with Gasteiger partial charge in [-0.15, -0.1) is 0 Å². The smallest absolute Gasteiger partial charge is 0.193 e. The molecule has 3 heteroatoms. The second kappa shape index (κ2) is 8.28. The van der Waals surface area contributed by atoms with Crippen LogP contribution in [0.25, 0.3) is 72.2 Å². The van der Waals surface area contributed by atoms with Crippen LogP contribution in [0.4, 0.5) is 0 Å². The lowest BCUT2D eigenvalue weighted by Gasteiger charge is -2.34. The van der Waals surface area contributed by atoms with Crippen molar-refractivity contribution in [1.29, 1.82) is 0 Å². The Morgan fingerprint density at radius 3 is 1.96 bits per heavy atom. The van der Waals surface area contributed by atoms with E-state index >= 15 is 0 Å². The van der Waals surface area contributed by atoms with Crippen LogP contribution in [0.15, 0.2) is 121 Å². The molecule has 0 N–H and O–H groups in total. The molecule has 0 radical (unpaired) electrons. The molecule has 0 saturated heterocycles. The SMILES string of the molecule is C=c1c2ccccc2n2c3ccc(C(=O)c4ccc5c(c4)c4cccc6c4n5-c4ccccc4C6(C)C)cc3c3cccc1c32. The van der Waals surface area contributed by atoms with E-state index < -0.39 is 0 Å². The number of para-hydroxylation sites is 4. The zero-order valence-electron chi connectivity index (χ0n) is 25.1. The second-order valence-corrected chi connectivity index (χ2v) is 13.0. The lowest BCUT2D eigenvalue weighted by molar-refractivity contribution is 0.103. The number of pyridine rings is 1. The van der Waals surface area contributed by atoms with Crippen molar-refractivity contribution in [2.24, 2.45) is 0 Å². The highest BCUT2D eigenvalue weighted by molar-refractivity contribution is 6.21. The maximum atomic E-state index is 14.2. The highest BCUT2D eigenvalue weighted by Crippen LogP contribution is 2.47. The minimum Gasteiger partial charge on any atom is -0.309 e. The van der Waals surface area contributed by atoms with Gasteiger partial charge in [0.15, 0.2) is 5.78 Å². The molecule has 4 heterocycles. The summed E-state index contributed by atoms with van der Waals surface area (Å²) < 4.78 is 4.72. The van der Waals surface area contributed by atoms with Crippen molar-refractivity contribution in [1.82, 2.24) is 8.97 Å². The third-order valence-electron chi connectivity index (χ3n) is 10.4. The number of nitrogens with zero attached hydrogens (tertiary/aromatic N) is 2. The molecule has 0 spiro atoms. The van der Waals surface area contributed by atoms with Gasteiger partial charge in [-0.3, -0.25) is 4.79 Å². The number of benzene rings is 6. The van der Waals surface area contributed by atoms with Gasteiger partial charge in [-0.25, -0.2) is 0 Å². The van der Waals surface area contributed by atoms with Gasteiger partial charge in [-0.2, -0.15) is 0 Å². The van der Waals surface area contributed by atoms with Gasteiger partial charge in [-0.1, -0.05) is 93.2 Å². The first kappa shape index (κ1) is 24.7. The Bertz CT molecular complexity index is 2830. The zero-order chi connectivity index (χ0) is 30.2. The minimum absolute atomic E-state index is 0.0307.